The minimum atomic E-state index is -0.931. The third-order valence-electron chi connectivity index (χ3n) is 3.27. The molecule has 0 saturated carbocycles. The number of hydrogen-bond acceptors (Lipinski definition) is 3. The summed E-state index contributed by atoms with van der Waals surface area (Å²) in [7, 11) is 0. The first-order chi connectivity index (χ1) is 7.75. The summed E-state index contributed by atoms with van der Waals surface area (Å²) in [4.78, 5) is 24.7. The third kappa shape index (κ3) is 3.19. The minimum Gasteiger partial charge on any atom is -0.480 e. The van der Waals surface area contributed by atoms with Crippen LogP contribution in [0.4, 0.5) is 0 Å². The number of piperidine rings is 1. The second kappa shape index (κ2) is 5.04. The van der Waals surface area contributed by atoms with E-state index in [1.54, 1.807) is 0 Å². The smallest absolute Gasteiger partial charge is 0.326 e. The van der Waals surface area contributed by atoms with Gasteiger partial charge < -0.3 is 15.7 Å². The molecule has 2 atom stereocenters. The molecule has 0 aromatic carbocycles. The standard InChI is InChI=1S/C12H22N2O3/c1-12(2,3)9(13)10(15)14-7-5-4-6-8(14)11(16)17/h8-9H,4-7,13H2,1-3H3,(H,16,17)/t8?,9-/m1/s1. The van der Waals surface area contributed by atoms with Crippen molar-refractivity contribution in [3.05, 3.63) is 0 Å². The Hall–Kier alpha value is -1.10. The van der Waals surface area contributed by atoms with Crippen LogP contribution in [-0.4, -0.2) is 40.5 Å². The number of hydrogen-bond donors (Lipinski definition) is 2. The fourth-order valence-electron chi connectivity index (χ4n) is 2.00. The zero-order valence-electron chi connectivity index (χ0n) is 10.8. The molecular formula is C12H22N2O3. The molecule has 1 amide bonds. The SMILES string of the molecule is CC(C)(C)[C@H](N)C(=O)N1CCCCC1C(=O)O. The number of likely N-dealkylation sites (tertiary alicyclic amines) is 1. The van der Waals surface area contributed by atoms with Crippen molar-refractivity contribution in [2.45, 2.75) is 52.1 Å². The minimum absolute atomic E-state index is 0.246. The van der Waals surface area contributed by atoms with E-state index in [1.807, 2.05) is 20.8 Å². The van der Waals surface area contributed by atoms with E-state index in [9.17, 15) is 9.59 Å². The van der Waals surface area contributed by atoms with Crippen LogP contribution in [0.15, 0.2) is 0 Å². The van der Waals surface area contributed by atoms with Gasteiger partial charge in [-0.15, -0.1) is 0 Å². The number of carbonyl (C=O) groups excluding carboxylic acids is 1. The molecule has 1 aliphatic heterocycles. The van der Waals surface area contributed by atoms with Gasteiger partial charge in [0, 0.05) is 6.54 Å². The van der Waals surface area contributed by atoms with Crippen LogP contribution in [0.3, 0.4) is 0 Å². The molecule has 0 radical (unpaired) electrons. The molecule has 17 heavy (non-hydrogen) atoms. The predicted octanol–water partition coefficient (Wildman–Crippen LogP) is 0.825. The first-order valence-electron chi connectivity index (χ1n) is 6.04. The predicted molar refractivity (Wildman–Crippen MR) is 64.4 cm³/mol. The quantitative estimate of drug-likeness (QED) is 0.751. The van der Waals surface area contributed by atoms with Crippen molar-refractivity contribution in [1.29, 1.82) is 0 Å². The summed E-state index contributed by atoms with van der Waals surface area (Å²) in [6.45, 7) is 6.15. The van der Waals surface area contributed by atoms with Gasteiger partial charge in [-0.2, -0.15) is 0 Å². The van der Waals surface area contributed by atoms with Crippen LogP contribution in [0.2, 0.25) is 0 Å². The molecule has 0 bridgehead atoms. The fourth-order valence-corrected chi connectivity index (χ4v) is 2.00. The van der Waals surface area contributed by atoms with Crippen LogP contribution >= 0.6 is 0 Å². The normalized spacial score (nSPS) is 23.3. The van der Waals surface area contributed by atoms with Crippen LogP contribution in [0.25, 0.3) is 0 Å². The summed E-state index contributed by atoms with van der Waals surface area (Å²) in [6.07, 6.45) is 2.23. The zero-order chi connectivity index (χ0) is 13.2. The number of nitrogens with two attached hydrogens (primary N) is 1. The molecule has 0 aliphatic carbocycles. The summed E-state index contributed by atoms with van der Waals surface area (Å²) in [6, 6.07) is -1.35. The van der Waals surface area contributed by atoms with E-state index >= 15 is 0 Å². The van der Waals surface area contributed by atoms with E-state index in [1.165, 1.54) is 4.90 Å². The molecule has 5 nitrogen and oxygen atoms in total. The van der Waals surface area contributed by atoms with Gasteiger partial charge in [-0.3, -0.25) is 4.79 Å². The lowest BCUT2D eigenvalue weighted by Crippen LogP contribution is -2.56. The van der Waals surface area contributed by atoms with Crippen LogP contribution in [-0.2, 0) is 9.59 Å². The van der Waals surface area contributed by atoms with Gasteiger partial charge in [0.15, 0.2) is 0 Å². The van der Waals surface area contributed by atoms with Crippen molar-refractivity contribution < 1.29 is 14.7 Å². The maximum Gasteiger partial charge on any atom is 0.326 e. The van der Waals surface area contributed by atoms with Gasteiger partial charge in [0.05, 0.1) is 6.04 Å². The largest absolute Gasteiger partial charge is 0.480 e. The molecular weight excluding hydrogens is 220 g/mol. The molecule has 1 heterocycles. The van der Waals surface area contributed by atoms with Crippen molar-refractivity contribution in [3.8, 4) is 0 Å². The maximum absolute atomic E-state index is 12.2. The Kier molecular flexibility index (Phi) is 4.14. The number of nitrogens with zero attached hydrogens (tertiary/aromatic N) is 1. The molecule has 1 rings (SSSR count). The number of carboxylic acids is 1. The lowest BCUT2D eigenvalue weighted by Gasteiger charge is -2.37. The Morgan fingerprint density at radius 2 is 1.94 bits per heavy atom. The van der Waals surface area contributed by atoms with Gasteiger partial charge in [-0.25, -0.2) is 4.79 Å². The van der Waals surface area contributed by atoms with Gasteiger partial charge in [-0.1, -0.05) is 20.8 Å². The second-order valence-corrected chi connectivity index (χ2v) is 5.73. The van der Waals surface area contributed by atoms with Crippen molar-refractivity contribution in [2.75, 3.05) is 6.54 Å². The Morgan fingerprint density at radius 1 is 1.35 bits per heavy atom. The van der Waals surface area contributed by atoms with Gasteiger partial charge in [-0.05, 0) is 24.7 Å². The highest BCUT2D eigenvalue weighted by Gasteiger charge is 2.37. The highest BCUT2D eigenvalue weighted by molar-refractivity contribution is 5.87. The first kappa shape index (κ1) is 14.0. The lowest BCUT2D eigenvalue weighted by atomic mass is 9.85. The number of rotatable bonds is 2. The summed E-state index contributed by atoms with van der Waals surface area (Å²) in [5.74, 6) is -1.18. The van der Waals surface area contributed by atoms with Gasteiger partial charge in [0.1, 0.15) is 6.04 Å². The van der Waals surface area contributed by atoms with E-state index in [-0.39, 0.29) is 11.3 Å². The molecule has 3 N–H and O–H groups in total. The number of aliphatic carboxylic acids is 1. The summed E-state index contributed by atoms with van der Waals surface area (Å²) in [5.41, 5.74) is 5.55. The van der Waals surface area contributed by atoms with Crippen molar-refractivity contribution in [2.24, 2.45) is 11.1 Å². The Morgan fingerprint density at radius 3 is 2.41 bits per heavy atom. The van der Waals surface area contributed by atoms with E-state index in [0.717, 1.165) is 12.8 Å². The van der Waals surface area contributed by atoms with Crippen LogP contribution < -0.4 is 5.73 Å². The van der Waals surface area contributed by atoms with Crippen LogP contribution in [0.5, 0.6) is 0 Å². The Labute approximate surface area is 102 Å². The van der Waals surface area contributed by atoms with Crippen LogP contribution in [0, 0.1) is 5.41 Å². The van der Waals surface area contributed by atoms with E-state index in [2.05, 4.69) is 0 Å². The van der Waals surface area contributed by atoms with Gasteiger partial charge in [0.2, 0.25) is 5.91 Å². The molecule has 98 valence electrons. The molecule has 1 saturated heterocycles. The molecule has 0 spiro atoms. The number of amides is 1. The monoisotopic (exact) mass is 242 g/mol. The van der Waals surface area contributed by atoms with Gasteiger partial charge in [0.25, 0.3) is 0 Å². The van der Waals surface area contributed by atoms with E-state index < -0.39 is 18.1 Å². The third-order valence-corrected chi connectivity index (χ3v) is 3.27. The van der Waals surface area contributed by atoms with Crippen molar-refractivity contribution in [3.63, 3.8) is 0 Å². The molecule has 0 aromatic rings. The van der Waals surface area contributed by atoms with Crippen LogP contribution in [0.1, 0.15) is 40.0 Å². The molecule has 1 aliphatic rings. The van der Waals surface area contributed by atoms with Gasteiger partial charge >= 0.3 is 5.97 Å². The number of carboxylic acid groups (broad SMARTS) is 1. The highest BCUT2D eigenvalue weighted by Crippen LogP contribution is 2.23. The lowest BCUT2D eigenvalue weighted by molar-refractivity contribution is -0.153. The van der Waals surface area contributed by atoms with Crippen molar-refractivity contribution >= 4 is 11.9 Å². The average Bonchev–Trinajstić information content (AvgIpc) is 2.25. The zero-order valence-corrected chi connectivity index (χ0v) is 10.8. The fraction of sp³-hybridized carbons (Fsp3) is 0.833. The molecule has 1 fully saturated rings. The number of carbonyl (C=O) groups is 2. The average molecular weight is 242 g/mol. The molecule has 1 unspecified atom stereocenters. The molecule has 5 heteroatoms. The first-order valence-corrected chi connectivity index (χ1v) is 6.04. The summed E-state index contributed by atoms with van der Waals surface area (Å²) >= 11 is 0. The maximum atomic E-state index is 12.2. The molecule has 0 aromatic heterocycles. The van der Waals surface area contributed by atoms with Crippen molar-refractivity contribution in [1.82, 2.24) is 4.90 Å². The second-order valence-electron chi connectivity index (χ2n) is 5.73. The van der Waals surface area contributed by atoms with E-state index in [4.69, 9.17) is 10.8 Å². The Balaban J connectivity index is 2.82. The topological polar surface area (TPSA) is 83.6 Å². The Bertz CT molecular complexity index is 309. The summed E-state index contributed by atoms with van der Waals surface area (Å²) in [5, 5.41) is 9.11. The highest BCUT2D eigenvalue weighted by atomic mass is 16.4. The van der Waals surface area contributed by atoms with E-state index in [0.29, 0.717) is 13.0 Å². The summed E-state index contributed by atoms with van der Waals surface area (Å²) < 4.78 is 0.